The van der Waals surface area contributed by atoms with Gasteiger partial charge < -0.3 is 5.11 Å². The normalized spacial score (nSPS) is 15.2. The molecule has 0 rings (SSSR count). The van der Waals surface area contributed by atoms with E-state index in [0.717, 1.165) is 0 Å². The van der Waals surface area contributed by atoms with Gasteiger partial charge in [-0.3, -0.25) is 4.79 Å². The number of nitrogens with zero attached hydrogens (tertiary/aromatic N) is 1. The summed E-state index contributed by atoms with van der Waals surface area (Å²) in [5.41, 5.74) is -3.08. The second-order valence-corrected chi connectivity index (χ2v) is 2.57. The van der Waals surface area contributed by atoms with Crippen LogP contribution in [-0.4, -0.2) is 29.1 Å². The van der Waals surface area contributed by atoms with Crippen molar-refractivity contribution in [1.29, 1.82) is 0 Å². The van der Waals surface area contributed by atoms with Gasteiger partial charge in [-0.15, -0.1) is 0 Å². The molecule has 1 amide bonds. The van der Waals surface area contributed by atoms with Crippen molar-refractivity contribution in [1.82, 2.24) is 0 Å². The highest BCUT2D eigenvalue weighted by molar-refractivity contribution is 6.09. The Kier molecular flexibility index (Phi) is 4.10. The first-order valence-corrected chi connectivity index (χ1v) is 3.58. The molecule has 0 spiro atoms. The number of amides is 1. The molecular formula is C7H5F6NO2. The van der Waals surface area contributed by atoms with Gasteiger partial charge in [0.05, 0.1) is 6.26 Å². The zero-order valence-corrected chi connectivity index (χ0v) is 7.65. The minimum Gasteiger partial charge on any atom is -0.515 e. The average Bonchev–Trinajstić information content (AvgIpc) is 2.09. The Hall–Kier alpha value is -1.54. The van der Waals surface area contributed by atoms with Crippen LogP contribution in [0.5, 0.6) is 0 Å². The quantitative estimate of drug-likeness (QED) is 0.441. The third-order valence-electron chi connectivity index (χ3n) is 1.29. The van der Waals surface area contributed by atoms with E-state index in [1.54, 1.807) is 0 Å². The van der Waals surface area contributed by atoms with Gasteiger partial charge in [-0.25, -0.2) is 4.99 Å². The monoisotopic (exact) mass is 249 g/mol. The Bertz CT molecular complexity index is 338. The van der Waals surface area contributed by atoms with E-state index in [2.05, 4.69) is 0 Å². The number of carbonyl (C=O) groups excluding carboxylic acids is 1. The van der Waals surface area contributed by atoms with Gasteiger partial charge >= 0.3 is 18.3 Å². The molecule has 1 N–H and O–H groups in total. The smallest absolute Gasteiger partial charge is 0.473 e. The van der Waals surface area contributed by atoms with E-state index in [0.29, 0.717) is 6.92 Å². The molecule has 0 aromatic rings. The topological polar surface area (TPSA) is 49.7 Å². The number of carbonyl (C=O) groups is 1. The van der Waals surface area contributed by atoms with Crippen molar-refractivity contribution in [3.05, 3.63) is 11.8 Å². The van der Waals surface area contributed by atoms with Gasteiger partial charge in [0.2, 0.25) is 0 Å². The van der Waals surface area contributed by atoms with E-state index in [9.17, 15) is 31.1 Å². The van der Waals surface area contributed by atoms with E-state index in [-0.39, 0.29) is 6.26 Å². The number of aliphatic hydroxyl groups is 1. The van der Waals surface area contributed by atoms with Crippen molar-refractivity contribution < 1.29 is 36.2 Å². The fourth-order valence-electron chi connectivity index (χ4n) is 0.601. The summed E-state index contributed by atoms with van der Waals surface area (Å²) in [6.07, 6.45) is -10.8. The molecule has 0 radical (unpaired) electrons. The molecule has 0 saturated carbocycles. The molecule has 16 heavy (non-hydrogen) atoms. The van der Waals surface area contributed by atoms with Crippen LogP contribution in [0.2, 0.25) is 0 Å². The van der Waals surface area contributed by atoms with Crippen LogP contribution < -0.4 is 0 Å². The first-order chi connectivity index (χ1) is 7.00. The molecular weight excluding hydrogens is 244 g/mol. The van der Waals surface area contributed by atoms with E-state index in [4.69, 9.17) is 5.11 Å². The molecule has 0 aliphatic heterocycles. The number of alkyl halides is 6. The Morgan fingerprint density at radius 1 is 1.12 bits per heavy atom. The van der Waals surface area contributed by atoms with Crippen molar-refractivity contribution in [2.75, 3.05) is 0 Å². The molecule has 0 aliphatic rings. The van der Waals surface area contributed by atoms with Crippen LogP contribution in [0.3, 0.4) is 0 Å². The van der Waals surface area contributed by atoms with Crippen LogP contribution in [0.15, 0.2) is 16.8 Å². The predicted molar refractivity (Wildman–Crippen MR) is 40.9 cm³/mol. The fourth-order valence-corrected chi connectivity index (χ4v) is 0.601. The van der Waals surface area contributed by atoms with E-state index in [1.807, 2.05) is 4.99 Å². The molecule has 0 saturated heterocycles. The van der Waals surface area contributed by atoms with Crippen molar-refractivity contribution in [3.63, 3.8) is 0 Å². The maximum absolute atomic E-state index is 12.1. The number of halogens is 6. The molecule has 0 aliphatic carbocycles. The molecule has 0 heterocycles. The zero-order chi connectivity index (χ0) is 13.1. The van der Waals surface area contributed by atoms with Gasteiger partial charge in [-0.05, 0) is 6.92 Å². The van der Waals surface area contributed by atoms with Crippen LogP contribution in [0.25, 0.3) is 0 Å². The summed E-state index contributed by atoms with van der Waals surface area (Å²) in [6, 6.07) is 0. The van der Waals surface area contributed by atoms with Crippen LogP contribution >= 0.6 is 0 Å². The Balaban J connectivity index is 5.40. The highest BCUT2D eigenvalue weighted by Crippen LogP contribution is 2.24. The highest BCUT2D eigenvalue weighted by atomic mass is 19.4. The predicted octanol–water partition coefficient (Wildman–Crippen LogP) is 2.54. The summed E-state index contributed by atoms with van der Waals surface area (Å²) in [7, 11) is 0. The van der Waals surface area contributed by atoms with Gasteiger partial charge in [0, 0.05) is 5.57 Å². The van der Waals surface area contributed by atoms with Crippen LogP contribution in [0.4, 0.5) is 26.3 Å². The van der Waals surface area contributed by atoms with Crippen molar-refractivity contribution >= 4 is 11.6 Å². The summed E-state index contributed by atoms with van der Waals surface area (Å²) >= 11 is 0. The fraction of sp³-hybridized carbons (Fsp3) is 0.429. The number of rotatable bonds is 1. The maximum Gasteiger partial charge on any atom is 0.473 e. The van der Waals surface area contributed by atoms with E-state index in [1.165, 1.54) is 0 Å². The summed E-state index contributed by atoms with van der Waals surface area (Å²) < 4.78 is 71.3. The number of aliphatic imine (C=N–C) groups is 1. The molecule has 0 aromatic heterocycles. The average molecular weight is 249 g/mol. The first-order valence-electron chi connectivity index (χ1n) is 3.58. The van der Waals surface area contributed by atoms with Gasteiger partial charge in [-0.2, -0.15) is 26.3 Å². The summed E-state index contributed by atoms with van der Waals surface area (Å²) in [5.74, 6) is -2.89. The molecule has 0 fully saturated rings. The lowest BCUT2D eigenvalue weighted by atomic mass is 10.2. The number of aliphatic hydroxyl groups excluding tert-OH is 1. The van der Waals surface area contributed by atoms with Gasteiger partial charge in [0.15, 0.2) is 5.71 Å². The van der Waals surface area contributed by atoms with Crippen LogP contribution in [0.1, 0.15) is 6.92 Å². The van der Waals surface area contributed by atoms with Gasteiger partial charge in [0.1, 0.15) is 0 Å². The molecule has 92 valence electrons. The molecule has 0 aromatic carbocycles. The lowest BCUT2D eigenvalue weighted by Gasteiger charge is -2.10. The van der Waals surface area contributed by atoms with E-state index < -0.39 is 29.5 Å². The number of allylic oxidation sites excluding steroid dienone is 1. The molecule has 0 unspecified atom stereocenters. The summed E-state index contributed by atoms with van der Waals surface area (Å²) in [4.78, 5) is 12.1. The summed E-state index contributed by atoms with van der Waals surface area (Å²) in [6.45, 7) is 0.663. The minimum absolute atomic E-state index is 0.0873. The number of hydrogen-bond donors (Lipinski definition) is 1. The van der Waals surface area contributed by atoms with E-state index >= 15 is 0 Å². The van der Waals surface area contributed by atoms with Gasteiger partial charge in [0.25, 0.3) is 0 Å². The molecule has 3 nitrogen and oxygen atoms in total. The maximum atomic E-state index is 12.1. The minimum atomic E-state index is -5.49. The lowest BCUT2D eigenvalue weighted by molar-refractivity contribution is -0.169. The zero-order valence-electron chi connectivity index (χ0n) is 7.65. The Morgan fingerprint density at radius 3 is 1.81 bits per heavy atom. The van der Waals surface area contributed by atoms with Crippen LogP contribution in [0, 0.1) is 0 Å². The van der Waals surface area contributed by atoms with Crippen molar-refractivity contribution in [2.24, 2.45) is 4.99 Å². The Morgan fingerprint density at radius 2 is 1.56 bits per heavy atom. The summed E-state index contributed by atoms with van der Waals surface area (Å²) in [5, 5.41) is 8.25. The number of hydrogen-bond acceptors (Lipinski definition) is 2. The van der Waals surface area contributed by atoms with Crippen molar-refractivity contribution in [2.45, 2.75) is 19.3 Å². The Labute approximate surface area is 85.1 Å². The molecule has 9 heteroatoms. The van der Waals surface area contributed by atoms with Crippen LogP contribution in [-0.2, 0) is 4.79 Å². The third kappa shape index (κ3) is 3.91. The molecule has 0 bridgehead atoms. The lowest BCUT2D eigenvalue weighted by Crippen LogP contribution is -2.29. The second kappa shape index (κ2) is 4.54. The first kappa shape index (κ1) is 14.5. The van der Waals surface area contributed by atoms with Crippen molar-refractivity contribution in [3.8, 4) is 0 Å². The largest absolute Gasteiger partial charge is 0.515 e. The second-order valence-electron chi connectivity index (χ2n) is 2.57. The SMILES string of the molecule is C/C(=C\O)C(=NC(=O)C(F)(F)F)C(F)(F)F. The van der Waals surface area contributed by atoms with Gasteiger partial charge in [-0.1, -0.05) is 0 Å². The highest BCUT2D eigenvalue weighted by Gasteiger charge is 2.43. The standard InChI is InChI=1S/C7H5F6NO2/c1-3(2-15)4(6(8,9)10)14-5(16)7(11,12)13/h2,15H,1H3/b3-2+,14-4?. The molecule has 0 atom stereocenters. The third-order valence-corrected chi connectivity index (χ3v) is 1.29.